The van der Waals surface area contributed by atoms with E-state index in [1.54, 1.807) is 12.1 Å². The summed E-state index contributed by atoms with van der Waals surface area (Å²) in [4.78, 5) is 11.4. The van der Waals surface area contributed by atoms with Gasteiger partial charge in [-0.1, -0.05) is 12.1 Å². The topological polar surface area (TPSA) is 43.1 Å². The third kappa shape index (κ3) is 3.44. The smallest absolute Gasteiger partial charge is 0.137 e. The van der Waals surface area contributed by atoms with Gasteiger partial charge in [-0.3, -0.25) is 4.79 Å². The summed E-state index contributed by atoms with van der Waals surface area (Å²) in [5.74, 6) is -0.439. The molecule has 0 aromatic heterocycles. The van der Waals surface area contributed by atoms with Crippen molar-refractivity contribution in [3.8, 4) is 0 Å². The maximum absolute atomic E-state index is 12.7. The number of carbonyl (C=O) groups is 1. The van der Waals surface area contributed by atoms with Gasteiger partial charge in [-0.25, -0.2) is 4.39 Å². The molecule has 2 nitrogen and oxygen atoms in total. The minimum Gasteiger partial charge on any atom is -0.328 e. The molecule has 0 saturated carbocycles. The summed E-state index contributed by atoms with van der Waals surface area (Å²) in [6.45, 7) is 3.40. The van der Waals surface area contributed by atoms with Crippen molar-refractivity contribution >= 4 is 5.78 Å². The van der Waals surface area contributed by atoms with E-state index in [1.165, 1.54) is 19.1 Å². The third-order valence-electron chi connectivity index (χ3n) is 2.37. The van der Waals surface area contributed by atoms with Crippen molar-refractivity contribution < 1.29 is 9.18 Å². The molecule has 0 radical (unpaired) electrons. The highest BCUT2D eigenvalue weighted by atomic mass is 19.1. The molecule has 3 heteroatoms. The van der Waals surface area contributed by atoms with E-state index in [0.29, 0.717) is 6.42 Å². The highest BCUT2D eigenvalue weighted by Gasteiger charge is 2.18. The van der Waals surface area contributed by atoms with Crippen LogP contribution in [0, 0.1) is 5.82 Å². The van der Waals surface area contributed by atoms with Gasteiger partial charge in [-0.2, -0.15) is 0 Å². The average molecular weight is 209 g/mol. The van der Waals surface area contributed by atoms with Crippen LogP contribution >= 0.6 is 0 Å². The van der Waals surface area contributed by atoms with Crippen molar-refractivity contribution in [3.05, 3.63) is 35.6 Å². The van der Waals surface area contributed by atoms with Crippen LogP contribution in [0.25, 0.3) is 0 Å². The molecule has 1 aromatic rings. The number of carbonyl (C=O) groups excluding carboxylic acids is 1. The lowest BCUT2D eigenvalue weighted by Gasteiger charge is -2.16. The van der Waals surface area contributed by atoms with E-state index < -0.39 is 0 Å². The highest BCUT2D eigenvalue weighted by Crippen LogP contribution is 2.22. The normalized spacial score (nSPS) is 14.7. The van der Waals surface area contributed by atoms with E-state index >= 15 is 0 Å². The number of ketones is 1. The van der Waals surface area contributed by atoms with Crippen molar-refractivity contribution in [3.63, 3.8) is 0 Å². The van der Waals surface area contributed by atoms with Gasteiger partial charge >= 0.3 is 0 Å². The number of nitrogens with two attached hydrogens (primary N) is 1. The second-order valence-corrected chi connectivity index (χ2v) is 3.93. The van der Waals surface area contributed by atoms with Crippen LogP contribution in [0.5, 0.6) is 0 Å². The summed E-state index contributed by atoms with van der Waals surface area (Å²) in [6.07, 6.45) is 0.598. The molecule has 0 aliphatic rings. The van der Waals surface area contributed by atoms with Gasteiger partial charge in [0.05, 0.1) is 0 Å². The van der Waals surface area contributed by atoms with Crippen LogP contribution in [0.1, 0.15) is 31.7 Å². The predicted octanol–water partition coefficient (Wildman–Crippen LogP) is 2.24. The Morgan fingerprint density at radius 3 is 2.33 bits per heavy atom. The molecule has 0 aliphatic heterocycles. The van der Waals surface area contributed by atoms with E-state index in [-0.39, 0.29) is 23.6 Å². The molecule has 15 heavy (non-hydrogen) atoms. The first-order chi connectivity index (χ1) is 7.00. The van der Waals surface area contributed by atoms with Gasteiger partial charge in [-0.15, -0.1) is 0 Å². The molecule has 1 aromatic carbocycles. The lowest BCUT2D eigenvalue weighted by atomic mass is 9.90. The monoisotopic (exact) mass is 209 g/mol. The molecule has 0 fully saturated rings. The molecule has 0 bridgehead atoms. The molecule has 1 rings (SSSR count). The molecule has 2 atom stereocenters. The van der Waals surface area contributed by atoms with Crippen molar-refractivity contribution in [2.24, 2.45) is 5.73 Å². The fraction of sp³-hybridized carbons (Fsp3) is 0.417. The van der Waals surface area contributed by atoms with Crippen molar-refractivity contribution in [1.29, 1.82) is 0 Å². The number of hydrogen-bond acceptors (Lipinski definition) is 2. The minimum atomic E-state index is -0.290. The van der Waals surface area contributed by atoms with Gasteiger partial charge < -0.3 is 5.73 Å². The Hall–Kier alpha value is -1.22. The van der Waals surface area contributed by atoms with Gasteiger partial charge in [0.1, 0.15) is 11.6 Å². The summed E-state index contributed by atoms with van der Waals surface area (Å²) >= 11 is 0. The third-order valence-corrected chi connectivity index (χ3v) is 2.37. The van der Waals surface area contributed by atoms with Gasteiger partial charge in [-0.05, 0) is 38.0 Å². The Morgan fingerprint density at radius 1 is 1.40 bits per heavy atom. The van der Waals surface area contributed by atoms with Gasteiger partial charge in [0, 0.05) is 12.0 Å². The van der Waals surface area contributed by atoms with Gasteiger partial charge in [0.25, 0.3) is 0 Å². The first kappa shape index (κ1) is 11.9. The highest BCUT2D eigenvalue weighted by molar-refractivity contribution is 5.83. The summed E-state index contributed by atoms with van der Waals surface area (Å²) in [5, 5.41) is 0. The van der Waals surface area contributed by atoms with E-state index in [1.807, 2.05) is 6.92 Å². The second-order valence-electron chi connectivity index (χ2n) is 3.93. The molecule has 0 heterocycles. The van der Waals surface area contributed by atoms with Crippen LogP contribution in [0.3, 0.4) is 0 Å². The first-order valence-corrected chi connectivity index (χ1v) is 5.02. The van der Waals surface area contributed by atoms with E-state index in [2.05, 4.69) is 0 Å². The number of halogens is 1. The SMILES string of the molecule is CC(=O)C(CC(C)N)c1ccc(F)cc1. The fourth-order valence-corrected chi connectivity index (χ4v) is 1.60. The Kier molecular flexibility index (Phi) is 3.97. The van der Waals surface area contributed by atoms with E-state index in [4.69, 9.17) is 5.73 Å². The summed E-state index contributed by atoms with van der Waals surface area (Å²) in [6, 6.07) is 5.98. The molecular weight excluding hydrogens is 193 g/mol. The quantitative estimate of drug-likeness (QED) is 0.826. The lowest BCUT2D eigenvalue weighted by molar-refractivity contribution is -0.118. The molecular formula is C12H16FNO. The van der Waals surface area contributed by atoms with Gasteiger partial charge in [0.2, 0.25) is 0 Å². The standard InChI is InChI=1S/C12H16FNO/c1-8(14)7-12(9(2)15)10-3-5-11(13)6-4-10/h3-6,8,12H,7,14H2,1-2H3. The molecule has 2 unspecified atom stereocenters. The average Bonchev–Trinajstić information content (AvgIpc) is 2.15. The van der Waals surface area contributed by atoms with Crippen LogP contribution in [0.4, 0.5) is 4.39 Å². The molecule has 82 valence electrons. The Labute approximate surface area is 89.3 Å². The fourth-order valence-electron chi connectivity index (χ4n) is 1.60. The van der Waals surface area contributed by atoms with Crippen LogP contribution in [-0.2, 0) is 4.79 Å². The largest absolute Gasteiger partial charge is 0.328 e. The molecule has 2 N–H and O–H groups in total. The molecule has 0 aliphatic carbocycles. The first-order valence-electron chi connectivity index (χ1n) is 5.02. The maximum atomic E-state index is 12.7. The summed E-state index contributed by atoms with van der Waals surface area (Å²) in [5.41, 5.74) is 6.51. The number of hydrogen-bond donors (Lipinski definition) is 1. The maximum Gasteiger partial charge on any atom is 0.137 e. The Bertz CT molecular complexity index is 332. The minimum absolute atomic E-state index is 0.0380. The molecule has 0 saturated heterocycles. The Morgan fingerprint density at radius 2 is 1.93 bits per heavy atom. The number of benzene rings is 1. The van der Waals surface area contributed by atoms with Crippen LogP contribution < -0.4 is 5.73 Å². The van der Waals surface area contributed by atoms with Crippen LogP contribution in [0.15, 0.2) is 24.3 Å². The van der Waals surface area contributed by atoms with Crippen molar-refractivity contribution in [2.45, 2.75) is 32.2 Å². The number of Topliss-reactive ketones (excluding diaryl/α,β-unsaturated/α-hetero) is 1. The van der Waals surface area contributed by atoms with Gasteiger partial charge in [0.15, 0.2) is 0 Å². The molecule has 0 amide bonds. The van der Waals surface area contributed by atoms with Crippen molar-refractivity contribution in [1.82, 2.24) is 0 Å². The summed E-state index contributed by atoms with van der Waals surface area (Å²) < 4.78 is 12.7. The number of rotatable bonds is 4. The van der Waals surface area contributed by atoms with Crippen LogP contribution in [-0.4, -0.2) is 11.8 Å². The van der Waals surface area contributed by atoms with Crippen molar-refractivity contribution in [2.75, 3.05) is 0 Å². The lowest BCUT2D eigenvalue weighted by Crippen LogP contribution is -2.22. The Balaban J connectivity index is 2.89. The predicted molar refractivity (Wildman–Crippen MR) is 58.1 cm³/mol. The van der Waals surface area contributed by atoms with E-state index in [9.17, 15) is 9.18 Å². The van der Waals surface area contributed by atoms with Crippen LogP contribution in [0.2, 0.25) is 0 Å². The molecule has 0 spiro atoms. The zero-order chi connectivity index (χ0) is 11.4. The van der Waals surface area contributed by atoms with E-state index in [0.717, 1.165) is 5.56 Å². The second kappa shape index (κ2) is 5.03. The summed E-state index contributed by atoms with van der Waals surface area (Å²) in [7, 11) is 0. The zero-order valence-corrected chi connectivity index (χ0v) is 9.03. The zero-order valence-electron chi connectivity index (χ0n) is 9.03.